The van der Waals surface area contributed by atoms with Crippen LogP contribution >= 0.6 is 0 Å². The summed E-state index contributed by atoms with van der Waals surface area (Å²) in [4.78, 5) is 22.3. The van der Waals surface area contributed by atoms with Crippen molar-refractivity contribution >= 4 is 5.97 Å². The van der Waals surface area contributed by atoms with Gasteiger partial charge in [-0.2, -0.15) is 0 Å². The predicted molar refractivity (Wildman–Crippen MR) is 88.3 cm³/mol. The van der Waals surface area contributed by atoms with E-state index in [0.717, 1.165) is 31.3 Å². The normalized spacial score (nSPS) is 18.5. The van der Waals surface area contributed by atoms with Gasteiger partial charge in [-0.1, -0.05) is 0 Å². The monoisotopic (exact) mass is 329 g/mol. The number of likely N-dealkylation sites (tertiary alicyclic amines) is 1. The zero-order valence-corrected chi connectivity index (χ0v) is 13.6. The standard InChI is InChI=1S/C18H20FN3O2/c1-22-6-2-3-12(11-22)7-14-9-21-17(10-20-14)16-8-13(19)4-5-15(16)18(23)24/h4-5,8-10,12H,2-3,6-7,11H2,1H3,(H,23,24). The molecule has 1 saturated heterocycles. The first-order valence-electron chi connectivity index (χ1n) is 8.05. The van der Waals surface area contributed by atoms with Gasteiger partial charge < -0.3 is 10.0 Å². The SMILES string of the molecule is CN1CCCC(Cc2cnc(-c3cc(F)ccc3C(=O)O)cn2)C1. The summed E-state index contributed by atoms with van der Waals surface area (Å²) in [6.45, 7) is 2.19. The predicted octanol–water partition coefficient (Wildman–Crippen LogP) is 2.87. The van der Waals surface area contributed by atoms with Gasteiger partial charge in [-0.05, 0) is 57.0 Å². The Morgan fingerprint density at radius 3 is 2.88 bits per heavy atom. The van der Waals surface area contributed by atoms with Gasteiger partial charge in [0.1, 0.15) is 5.82 Å². The van der Waals surface area contributed by atoms with E-state index in [1.54, 1.807) is 6.20 Å². The van der Waals surface area contributed by atoms with E-state index in [1.807, 2.05) is 0 Å². The first kappa shape index (κ1) is 16.5. The lowest BCUT2D eigenvalue weighted by Gasteiger charge is -2.29. The van der Waals surface area contributed by atoms with Crippen molar-refractivity contribution in [3.63, 3.8) is 0 Å². The van der Waals surface area contributed by atoms with Crippen LogP contribution in [0.4, 0.5) is 4.39 Å². The molecule has 1 aromatic carbocycles. The zero-order chi connectivity index (χ0) is 17.1. The number of benzene rings is 1. The second-order valence-corrected chi connectivity index (χ2v) is 6.36. The molecule has 1 fully saturated rings. The molecular formula is C18H20FN3O2. The maximum Gasteiger partial charge on any atom is 0.336 e. The molecule has 5 nitrogen and oxygen atoms in total. The molecule has 0 radical (unpaired) electrons. The highest BCUT2D eigenvalue weighted by Gasteiger charge is 2.19. The molecule has 1 unspecified atom stereocenters. The van der Waals surface area contributed by atoms with Crippen molar-refractivity contribution in [2.75, 3.05) is 20.1 Å². The summed E-state index contributed by atoms with van der Waals surface area (Å²) < 4.78 is 13.5. The maximum absolute atomic E-state index is 13.5. The molecule has 6 heteroatoms. The smallest absolute Gasteiger partial charge is 0.336 e. The van der Waals surface area contributed by atoms with E-state index >= 15 is 0 Å². The van der Waals surface area contributed by atoms with Crippen LogP contribution in [0.2, 0.25) is 0 Å². The van der Waals surface area contributed by atoms with Crippen LogP contribution in [-0.4, -0.2) is 46.1 Å². The summed E-state index contributed by atoms with van der Waals surface area (Å²) in [5.74, 6) is -1.04. The van der Waals surface area contributed by atoms with Crippen molar-refractivity contribution in [1.82, 2.24) is 14.9 Å². The Morgan fingerprint density at radius 2 is 2.21 bits per heavy atom. The summed E-state index contributed by atoms with van der Waals surface area (Å²) in [6.07, 6.45) is 6.43. The minimum atomic E-state index is -1.11. The van der Waals surface area contributed by atoms with Crippen molar-refractivity contribution < 1.29 is 14.3 Å². The highest BCUT2D eigenvalue weighted by atomic mass is 19.1. The molecule has 1 aromatic heterocycles. The Kier molecular flexibility index (Phi) is 4.85. The average molecular weight is 329 g/mol. The fraction of sp³-hybridized carbons (Fsp3) is 0.389. The quantitative estimate of drug-likeness (QED) is 0.934. The molecule has 0 amide bonds. The fourth-order valence-electron chi connectivity index (χ4n) is 3.25. The van der Waals surface area contributed by atoms with Crippen molar-refractivity contribution in [2.24, 2.45) is 5.92 Å². The number of hydrogen-bond donors (Lipinski definition) is 1. The maximum atomic E-state index is 13.5. The molecule has 0 spiro atoms. The first-order valence-corrected chi connectivity index (χ1v) is 8.05. The Balaban J connectivity index is 1.80. The van der Waals surface area contributed by atoms with Gasteiger partial charge in [0.05, 0.1) is 23.1 Å². The van der Waals surface area contributed by atoms with E-state index in [2.05, 4.69) is 21.9 Å². The lowest BCUT2D eigenvalue weighted by atomic mass is 9.94. The Labute approximate surface area is 140 Å². The van der Waals surface area contributed by atoms with E-state index < -0.39 is 11.8 Å². The van der Waals surface area contributed by atoms with Gasteiger partial charge in [-0.25, -0.2) is 9.18 Å². The number of piperidine rings is 1. The van der Waals surface area contributed by atoms with Gasteiger partial charge in [0.15, 0.2) is 0 Å². The molecule has 3 rings (SSSR count). The second-order valence-electron chi connectivity index (χ2n) is 6.36. The van der Waals surface area contributed by atoms with Crippen molar-refractivity contribution in [3.8, 4) is 11.3 Å². The number of nitrogens with zero attached hydrogens (tertiary/aromatic N) is 3. The summed E-state index contributed by atoms with van der Waals surface area (Å²) in [5, 5.41) is 9.24. The molecular weight excluding hydrogens is 309 g/mol. The van der Waals surface area contributed by atoms with Crippen LogP contribution in [0, 0.1) is 11.7 Å². The van der Waals surface area contributed by atoms with E-state index in [0.29, 0.717) is 11.6 Å². The van der Waals surface area contributed by atoms with Crippen molar-refractivity contribution in [2.45, 2.75) is 19.3 Å². The number of aromatic nitrogens is 2. The van der Waals surface area contributed by atoms with Crippen LogP contribution in [0.15, 0.2) is 30.6 Å². The third-order valence-corrected chi connectivity index (χ3v) is 4.41. The third kappa shape index (κ3) is 3.76. The van der Waals surface area contributed by atoms with Crippen LogP contribution in [0.3, 0.4) is 0 Å². The average Bonchev–Trinajstić information content (AvgIpc) is 2.55. The summed E-state index contributed by atoms with van der Waals surface area (Å²) in [7, 11) is 2.12. The number of halogens is 1. The molecule has 2 aromatic rings. The first-order chi connectivity index (χ1) is 11.5. The summed E-state index contributed by atoms with van der Waals surface area (Å²) >= 11 is 0. The van der Waals surface area contributed by atoms with Crippen molar-refractivity contribution in [1.29, 1.82) is 0 Å². The number of aromatic carboxylic acids is 1. The van der Waals surface area contributed by atoms with Gasteiger partial charge in [0, 0.05) is 18.3 Å². The van der Waals surface area contributed by atoms with Crippen LogP contribution in [0.1, 0.15) is 28.9 Å². The molecule has 24 heavy (non-hydrogen) atoms. The highest BCUT2D eigenvalue weighted by molar-refractivity contribution is 5.95. The molecule has 126 valence electrons. The molecule has 1 N–H and O–H groups in total. The molecule has 0 aliphatic carbocycles. The molecule has 0 saturated carbocycles. The largest absolute Gasteiger partial charge is 0.478 e. The molecule has 1 aliphatic rings. The van der Waals surface area contributed by atoms with Crippen LogP contribution in [-0.2, 0) is 6.42 Å². The number of carbonyl (C=O) groups is 1. The third-order valence-electron chi connectivity index (χ3n) is 4.41. The summed E-state index contributed by atoms with van der Waals surface area (Å²) in [5.41, 5.74) is 1.52. The van der Waals surface area contributed by atoms with Gasteiger partial charge in [-0.15, -0.1) is 0 Å². The van der Waals surface area contributed by atoms with Crippen molar-refractivity contribution in [3.05, 3.63) is 47.7 Å². The van der Waals surface area contributed by atoms with Gasteiger partial charge in [0.2, 0.25) is 0 Å². The Hall–Kier alpha value is -2.34. The molecule has 1 aliphatic heterocycles. The summed E-state index contributed by atoms with van der Waals surface area (Å²) in [6, 6.07) is 3.57. The van der Waals surface area contributed by atoms with Crippen LogP contribution < -0.4 is 0 Å². The van der Waals surface area contributed by atoms with E-state index in [-0.39, 0.29) is 11.1 Å². The van der Waals surface area contributed by atoms with Gasteiger partial charge in [0.25, 0.3) is 0 Å². The number of carboxylic acids is 1. The topological polar surface area (TPSA) is 66.3 Å². The Morgan fingerprint density at radius 1 is 1.38 bits per heavy atom. The molecule has 0 bridgehead atoms. The van der Waals surface area contributed by atoms with E-state index in [4.69, 9.17) is 0 Å². The zero-order valence-electron chi connectivity index (χ0n) is 13.6. The van der Waals surface area contributed by atoms with Gasteiger partial charge >= 0.3 is 5.97 Å². The molecule has 2 heterocycles. The van der Waals surface area contributed by atoms with Crippen LogP contribution in [0.5, 0.6) is 0 Å². The fourth-order valence-corrected chi connectivity index (χ4v) is 3.25. The van der Waals surface area contributed by atoms with Crippen LogP contribution in [0.25, 0.3) is 11.3 Å². The second kappa shape index (κ2) is 7.05. The number of hydrogen-bond acceptors (Lipinski definition) is 4. The lowest BCUT2D eigenvalue weighted by Crippen LogP contribution is -2.33. The minimum absolute atomic E-state index is 0.0207. The number of rotatable bonds is 4. The van der Waals surface area contributed by atoms with E-state index in [9.17, 15) is 14.3 Å². The van der Waals surface area contributed by atoms with Gasteiger partial charge in [-0.3, -0.25) is 9.97 Å². The Bertz CT molecular complexity index is 734. The highest BCUT2D eigenvalue weighted by Crippen LogP contribution is 2.24. The minimum Gasteiger partial charge on any atom is -0.478 e. The van der Waals surface area contributed by atoms with E-state index in [1.165, 1.54) is 31.2 Å². The lowest BCUT2D eigenvalue weighted by molar-refractivity contribution is 0.0697. The molecule has 1 atom stereocenters. The number of carboxylic acid groups (broad SMARTS) is 1.